The van der Waals surface area contributed by atoms with Gasteiger partial charge in [-0.2, -0.15) is 0 Å². The molecule has 0 unspecified atom stereocenters. The zero-order valence-corrected chi connectivity index (χ0v) is 20.0. The molecule has 0 aliphatic carbocycles. The third-order valence-electron chi connectivity index (χ3n) is 3.18. The molecular weight excluding hydrogens is 516 g/mol. The van der Waals surface area contributed by atoms with Crippen molar-refractivity contribution in [3.8, 4) is 0 Å². The Bertz CT molecular complexity index is 757. The van der Waals surface area contributed by atoms with Gasteiger partial charge in [0.15, 0.2) is 10.3 Å². The Kier molecular flexibility index (Phi) is 12.4. The van der Waals surface area contributed by atoms with Gasteiger partial charge < -0.3 is 11.5 Å². The van der Waals surface area contributed by atoms with Gasteiger partial charge in [0.1, 0.15) is 0 Å². The van der Waals surface area contributed by atoms with E-state index in [-0.39, 0.29) is 44.3 Å². The Hall–Kier alpha value is -0.610. The van der Waals surface area contributed by atoms with Gasteiger partial charge >= 0.3 is 0 Å². The van der Waals surface area contributed by atoms with Crippen molar-refractivity contribution in [2.45, 2.75) is 28.2 Å². The van der Waals surface area contributed by atoms with Crippen molar-refractivity contribution in [3.63, 3.8) is 0 Å². The average Bonchev–Trinajstić information content (AvgIpc) is 2.53. The van der Waals surface area contributed by atoms with E-state index >= 15 is 0 Å². The number of thioether (sulfide) groups is 2. The highest BCUT2D eigenvalue weighted by Gasteiger charge is 2.10. The van der Waals surface area contributed by atoms with Crippen molar-refractivity contribution >= 4 is 79.6 Å². The lowest BCUT2D eigenvalue weighted by Crippen LogP contribution is -2.04. The average molecular weight is 538 g/mol. The molecule has 0 heterocycles. The Morgan fingerprint density at radius 3 is 1.96 bits per heavy atom. The topological polar surface area (TPSA) is 99.7 Å². The maximum atomic E-state index is 7.41. The lowest BCUT2D eigenvalue weighted by Gasteiger charge is -2.13. The summed E-state index contributed by atoms with van der Waals surface area (Å²) in [7, 11) is 0. The minimum absolute atomic E-state index is 0. The van der Waals surface area contributed by atoms with Crippen LogP contribution in [0, 0.1) is 17.7 Å². The van der Waals surface area contributed by atoms with Crippen molar-refractivity contribution in [2.75, 3.05) is 0 Å². The molecule has 0 spiro atoms. The number of rotatable bonds is 6. The quantitative estimate of drug-likeness (QED) is 0.285. The van der Waals surface area contributed by atoms with Crippen molar-refractivity contribution in [2.24, 2.45) is 11.5 Å². The van der Waals surface area contributed by atoms with Gasteiger partial charge in [0.2, 0.25) is 0 Å². The molecule has 9 heteroatoms. The number of nitrogens with two attached hydrogens (primary N) is 2. The van der Waals surface area contributed by atoms with Crippen LogP contribution in [0.15, 0.2) is 52.3 Å². The van der Waals surface area contributed by atoms with Crippen LogP contribution >= 0.6 is 69.2 Å². The molecule has 0 aromatic heterocycles. The zero-order valence-electron chi connectivity index (χ0n) is 14.2. The Labute approximate surface area is 188 Å². The molecule has 0 fully saturated rings. The second-order valence-electron chi connectivity index (χ2n) is 5.13. The highest BCUT2D eigenvalue weighted by atomic mass is 79.9. The van der Waals surface area contributed by atoms with Gasteiger partial charge in [0.05, 0.1) is 0 Å². The van der Waals surface area contributed by atoms with Crippen molar-refractivity contribution in [1.29, 1.82) is 10.8 Å². The lowest BCUT2D eigenvalue weighted by atomic mass is 10.2. The van der Waals surface area contributed by atoms with Crippen LogP contribution < -0.4 is 11.5 Å². The highest BCUT2D eigenvalue weighted by Crippen LogP contribution is 2.36. The van der Waals surface area contributed by atoms with E-state index in [2.05, 4.69) is 37.3 Å². The fourth-order valence-corrected chi connectivity index (χ4v) is 4.51. The highest BCUT2D eigenvalue weighted by molar-refractivity contribution is 8.93. The Morgan fingerprint density at radius 1 is 0.846 bits per heavy atom. The van der Waals surface area contributed by atoms with E-state index in [4.69, 9.17) is 22.3 Å². The van der Waals surface area contributed by atoms with E-state index in [0.717, 1.165) is 10.5 Å². The summed E-state index contributed by atoms with van der Waals surface area (Å²) in [5.74, 6) is 1.37. The molecule has 0 radical (unpaired) electrons. The molecule has 0 amide bonds. The molecule has 0 aliphatic rings. The molecule has 142 valence electrons. The van der Waals surface area contributed by atoms with Gasteiger partial charge in [-0.25, -0.2) is 0 Å². The van der Waals surface area contributed by atoms with Gasteiger partial charge in [-0.1, -0.05) is 65.6 Å². The van der Waals surface area contributed by atoms with Crippen LogP contribution in [0.1, 0.15) is 16.7 Å². The smallest absolute Gasteiger partial charge is 0.151 e. The van der Waals surface area contributed by atoms with Gasteiger partial charge in [-0.15, -0.1) is 34.0 Å². The number of halogens is 2. The lowest BCUT2D eigenvalue weighted by molar-refractivity contribution is 1.21. The van der Waals surface area contributed by atoms with E-state index in [1.54, 1.807) is 11.8 Å². The molecule has 0 saturated heterocycles. The second-order valence-corrected chi connectivity index (χ2v) is 8.24. The van der Waals surface area contributed by atoms with E-state index in [1.807, 2.05) is 12.1 Å². The number of hydrogen-bond acceptors (Lipinski definition) is 5. The number of hydrogen-bond donors (Lipinski definition) is 4. The van der Waals surface area contributed by atoms with E-state index in [1.165, 1.54) is 39.5 Å². The van der Waals surface area contributed by atoms with Crippen LogP contribution in [-0.4, -0.2) is 10.3 Å². The van der Waals surface area contributed by atoms with Crippen LogP contribution in [0.3, 0.4) is 0 Å². The van der Waals surface area contributed by atoms with E-state index in [9.17, 15) is 0 Å². The van der Waals surface area contributed by atoms with Gasteiger partial charge in [0.25, 0.3) is 0 Å². The third kappa shape index (κ3) is 8.39. The van der Waals surface area contributed by atoms with Gasteiger partial charge in [-0.05, 0) is 35.7 Å². The van der Waals surface area contributed by atoms with Crippen molar-refractivity contribution < 1.29 is 0 Å². The SMILES string of the molecule is Br.Br.Cc1ccc(CSC(=N)N)c(Sc2ccccc2CSC(=N)N)c1. The summed E-state index contributed by atoms with van der Waals surface area (Å²) in [5.41, 5.74) is 14.5. The first-order valence-electron chi connectivity index (χ1n) is 7.24. The van der Waals surface area contributed by atoms with Gasteiger partial charge in [0, 0.05) is 21.3 Å². The zero-order chi connectivity index (χ0) is 17.5. The monoisotopic (exact) mass is 536 g/mol. The molecule has 6 N–H and O–H groups in total. The first-order valence-corrected chi connectivity index (χ1v) is 10.0. The van der Waals surface area contributed by atoms with Crippen molar-refractivity contribution in [3.05, 3.63) is 59.2 Å². The summed E-state index contributed by atoms with van der Waals surface area (Å²) in [6.45, 7) is 2.07. The molecule has 0 saturated carbocycles. The van der Waals surface area contributed by atoms with Crippen LogP contribution in [0.25, 0.3) is 0 Å². The second kappa shape index (κ2) is 12.7. The summed E-state index contributed by atoms with van der Waals surface area (Å²) in [5, 5.41) is 15.1. The summed E-state index contributed by atoms with van der Waals surface area (Å²) in [6, 6.07) is 14.5. The first kappa shape index (κ1) is 25.4. The Balaban J connectivity index is 0.00000312. The number of aryl methyl sites for hydroxylation is 1. The molecule has 0 aliphatic heterocycles. The molecule has 2 aromatic rings. The maximum Gasteiger partial charge on any atom is 0.151 e. The first-order chi connectivity index (χ1) is 11.5. The van der Waals surface area contributed by atoms with Crippen LogP contribution in [-0.2, 0) is 11.5 Å². The maximum absolute atomic E-state index is 7.41. The minimum atomic E-state index is 0. The summed E-state index contributed by atoms with van der Waals surface area (Å²) >= 11 is 4.37. The molecule has 0 atom stereocenters. The van der Waals surface area contributed by atoms with Crippen molar-refractivity contribution in [1.82, 2.24) is 0 Å². The fourth-order valence-electron chi connectivity index (χ4n) is 2.03. The number of amidine groups is 2. The number of nitrogens with one attached hydrogen (secondary N) is 2. The van der Waals surface area contributed by atoms with Crippen LogP contribution in [0.2, 0.25) is 0 Å². The third-order valence-corrected chi connectivity index (χ3v) is 5.93. The molecular formula is C17H22Br2N4S3. The predicted molar refractivity (Wildman–Crippen MR) is 129 cm³/mol. The fraction of sp³-hybridized carbons (Fsp3) is 0.176. The molecule has 2 aromatic carbocycles. The standard InChI is InChI=1S/C17H20N4S3.2BrH/c1-11-6-7-13(10-23-17(20)21)15(8-11)24-14-5-3-2-4-12(14)9-22-16(18)19;;/h2-8H,9-10H2,1H3,(H3,18,19)(H3,20,21);2*1H. The minimum Gasteiger partial charge on any atom is -0.379 e. The van der Waals surface area contributed by atoms with E-state index < -0.39 is 0 Å². The summed E-state index contributed by atoms with van der Waals surface area (Å²) in [6.07, 6.45) is 0. The van der Waals surface area contributed by atoms with E-state index in [0.29, 0.717) is 11.5 Å². The summed E-state index contributed by atoms with van der Waals surface area (Å²) < 4.78 is 0. The van der Waals surface area contributed by atoms with Crippen LogP contribution in [0.5, 0.6) is 0 Å². The number of benzene rings is 2. The van der Waals surface area contributed by atoms with Crippen LogP contribution in [0.4, 0.5) is 0 Å². The largest absolute Gasteiger partial charge is 0.379 e. The predicted octanol–water partition coefficient (Wildman–Crippen LogP) is 5.56. The van der Waals surface area contributed by atoms with Gasteiger partial charge in [-0.3, -0.25) is 10.8 Å². The molecule has 26 heavy (non-hydrogen) atoms. The Morgan fingerprint density at radius 2 is 1.38 bits per heavy atom. The molecule has 2 rings (SSSR count). The summed E-state index contributed by atoms with van der Waals surface area (Å²) in [4.78, 5) is 2.33. The molecule has 4 nitrogen and oxygen atoms in total. The molecule has 0 bridgehead atoms. The normalized spacial score (nSPS) is 9.73.